The Labute approximate surface area is 148 Å². The summed E-state index contributed by atoms with van der Waals surface area (Å²) >= 11 is 4.86. The summed E-state index contributed by atoms with van der Waals surface area (Å²) in [6.07, 6.45) is -0.982. The first kappa shape index (κ1) is 17.2. The van der Waals surface area contributed by atoms with Crippen molar-refractivity contribution < 1.29 is 23.5 Å². The predicted octanol–water partition coefficient (Wildman–Crippen LogP) is 0.565. The highest BCUT2D eigenvalue weighted by atomic mass is 32.1. The molecule has 1 atom stereocenters. The lowest BCUT2D eigenvalue weighted by Gasteiger charge is -2.19. The Balaban J connectivity index is 1.67. The molecular weight excluding hydrogens is 351 g/mol. The van der Waals surface area contributed by atoms with Crippen LogP contribution in [0.4, 0.5) is 20.6 Å². The predicted molar refractivity (Wildman–Crippen MR) is 92.0 cm³/mol. The summed E-state index contributed by atoms with van der Waals surface area (Å²) in [5, 5.41) is 5.64. The van der Waals surface area contributed by atoms with Gasteiger partial charge in [-0.1, -0.05) is 0 Å². The van der Waals surface area contributed by atoms with Crippen LogP contribution in [0, 0.1) is 5.82 Å². The van der Waals surface area contributed by atoms with Gasteiger partial charge in [0, 0.05) is 0 Å². The van der Waals surface area contributed by atoms with Crippen molar-refractivity contribution in [2.45, 2.75) is 6.10 Å². The molecule has 0 spiro atoms. The number of carbonyl (C=O) groups excluding carboxylic acids is 2. The van der Waals surface area contributed by atoms with Crippen LogP contribution in [0.1, 0.15) is 0 Å². The smallest absolute Gasteiger partial charge is 0.414 e. The zero-order chi connectivity index (χ0) is 18.0. The summed E-state index contributed by atoms with van der Waals surface area (Å²) in [6, 6.07) is 4.43. The molecule has 0 bridgehead atoms. The van der Waals surface area contributed by atoms with Crippen LogP contribution in [0.2, 0.25) is 0 Å². The Hall–Kier alpha value is -2.62. The average Bonchev–Trinajstić information content (AvgIpc) is 3.18. The van der Waals surface area contributed by atoms with Crippen molar-refractivity contribution in [2.75, 3.05) is 43.2 Å². The summed E-state index contributed by atoms with van der Waals surface area (Å²) < 4.78 is 24.4. The summed E-state index contributed by atoms with van der Waals surface area (Å²) in [5.74, 6) is -0.667. The number of ether oxygens (including phenoxy) is 2. The summed E-state index contributed by atoms with van der Waals surface area (Å²) in [4.78, 5) is 26.2. The Morgan fingerprint density at radius 2 is 2.32 bits per heavy atom. The number of thiocarbonyl (C=S) groups is 1. The van der Waals surface area contributed by atoms with Gasteiger partial charge in [-0.3, -0.25) is 9.69 Å². The standard InChI is InChI=1S/C15H17FN4O4S/c1-23-14(25)17-5-10-6-20(15(22)24-10)9-2-3-12(11(16)4-9)19-7-13(21)18-8-19/h2-4,10H,5-8H2,1H3,(H,17,25)(H,18,21). The third kappa shape index (κ3) is 3.73. The second-order valence-electron chi connectivity index (χ2n) is 5.58. The van der Waals surface area contributed by atoms with E-state index in [1.807, 2.05) is 0 Å². The van der Waals surface area contributed by atoms with Gasteiger partial charge >= 0.3 is 6.09 Å². The summed E-state index contributed by atoms with van der Waals surface area (Å²) in [6.45, 7) is 0.931. The van der Waals surface area contributed by atoms with E-state index in [1.54, 1.807) is 17.0 Å². The molecule has 134 valence electrons. The normalized spacial score (nSPS) is 19.7. The van der Waals surface area contributed by atoms with Crippen LogP contribution < -0.4 is 20.4 Å². The van der Waals surface area contributed by atoms with E-state index >= 15 is 0 Å². The number of nitrogens with one attached hydrogen (secondary N) is 2. The average molecular weight is 368 g/mol. The van der Waals surface area contributed by atoms with E-state index in [0.29, 0.717) is 17.9 Å². The van der Waals surface area contributed by atoms with Gasteiger partial charge in [-0.2, -0.15) is 0 Å². The highest BCUT2D eigenvalue weighted by molar-refractivity contribution is 7.80. The number of amides is 2. The van der Waals surface area contributed by atoms with E-state index in [4.69, 9.17) is 21.7 Å². The fraction of sp³-hybridized carbons (Fsp3) is 0.400. The van der Waals surface area contributed by atoms with Crippen molar-refractivity contribution >= 4 is 40.8 Å². The lowest BCUT2D eigenvalue weighted by Crippen LogP contribution is -2.34. The highest BCUT2D eigenvalue weighted by Gasteiger charge is 2.33. The molecule has 2 aliphatic rings. The van der Waals surface area contributed by atoms with Gasteiger partial charge in [-0.25, -0.2) is 9.18 Å². The Morgan fingerprint density at radius 3 is 2.96 bits per heavy atom. The van der Waals surface area contributed by atoms with Gasteiger partial charge in [0.1, 0.15) is 11.9 Å². The molecule has 2 saturated heterocycles. The quantitative estimate of drug-likeness (QED) is 0.752. The highest BCUT2D eigenvalue weighted by Crippen LogP contribution is 2.28. The molecule has 0 saturated carbocycles. The maximum Gasteiger partial charge on any atom is 0.414 e. The number of cyclic esters (lactones) is 1. The van der Waals surface area contributed by atoms with Crippen molar-refractivity contribution in [1.29, 1.82) is 0 Å². The number of carbonyl (C=O) groups is 2. The third-order valence-corrected chi connectivity index (χ3v) is 4.23. The Kier molecular flexibility index (Phi) is 4.88. The zero-order valence-electron chi connectivity index (χ0n) is 13.5. The first-order valence-electron chi connectivity index (χ1n) is 7.59. The van der Waals surface area contributed by atoms with Crippen LogP contribution in [-0.4, -0.2) is 56.7 Å². The summed E-state index contributed by atoms with van der Waals surface area (Å²) in [7, 11) is 1.44. The molecule has 1 unspecified atom stereocenters. The molecule has 2 aliphatic heterocycles. The number of hydrogen-bond acceptors (Lipinski definition) is 6. The fourth-order valence-electron chi connectivity index (χ4n) is 2.67. The minimum atomic E-state index is -0.555. The minimum absolute atomic E-state index is 0.106. The molecule has 0 aromatic heterocycles. The van der Waals surface area contributed by atoms with Gasteiger partial charge in [-0.15, -0.1) is 0 Å². The second-order valence-corrected chi connectivity index (χ2v) is 5.95. The van der Waals surface area contributed by atoms with E-state index in [0.717, 1.165) is 0 Å². The number of halogens is 1. The van der Waals surface area contributed by atoms with E-state index in [9.17, 15) is 14.0 Å². The molecule has 10 heteroatoms. The molecule has 3 rings (SSSR count). The number of anilines is 2. The first-order valence-corrected chi connectivity index (χ1v) is 8.00. The van der Waals surface area contributed by atoms with E-state index < -0.39 is 18.0 Å². The molecule has 2 N–H and O–H groups in total. The number of methoxy groups -OCH3 is 1. The zero-order valence-corrected chi connectivity index (χ0v) is 14.3. The SMILES string of the molecule is COC(=S)NCC1CN(c2ccc(N3CNC(=O)C3)c(F)c2)C(=O)O1. The van der Waals surface area contributed by atoms with Crippen LogP contribution in [0.3, 0.4) is 0 Å². The first-order chi connectivity index (χ1) is 12.0. The van der Waals surface area contributed by atoms with Crippen molar-refractivity contribution in [3.63, 3.8) is 0 Å². The summed E-state index contributed by atoms with van der Waals surface area (Å²) in [5.41, 5.74) is 0.694. The van der Waals surface area contributed by atoms with E-state index in [1.165, 1.54) is 18.1 Å². The van der Waals surface area contributed by atoms with Gasteiger partial charge in [0.2, 0.25) is 5.91 Å². The third-order valence-electron chi connectivity index (χ3n) is 3.92. The minimum Gasteiger partial charge on any atom is -0.474 e. The van der Waals surface area contributed by atoms with E-state index in [2.05, 4.69) is 10.6 Å². The van der Waals surface area contributed by atoms with Gasteiger partial charge < -0.3 is 25.0 Å². The number of benzene rings is 1. The van der Waals surface area contributed by atoms with E-state index in [-0.39, 0.29) is 30.8 Å². The Morgan fingerprint density at radius 1 is 1.52 bits per heavy atom. The lowest BCUT2D eigenvalue weighted by atomic mass is 10.2. The molecule has 2 heterocycles. The molecule has 8 nitrogen and oxygen atoms in total. The van der Waals surface area contributed by atoms with Crippen LogP contribution in [-0.2, 0) is 14.3 Å². The van der Waals surface area contributed by atoms with Crippen molar-refractivity contribution in [3.8, 4) is 0 Å². The van der Waals surface area contributed by atoms with Gasteiger partial charge in [0.25, 0.3) is 5.17 Å². The van der Waals surface area contributed by atoms with Crippen LogP contribution in [0.15, 0.2) is 18.2 Å². The number of rotatable bonds is 4. The topological polar surface area (TPSA) is 83.1 Å². The second kappa shape index (κ2) is 7.09. The van der Waals surface area contributed by atoms with Crippen molar-refractivity contribution in [3.05, 3.63) is 24.0 Å². The van der Waals surface area contributed by atoms with Gasteiger partial charge in [-0.05, 0) is 30.4 Å². The Bertz CT molecular complexity index is 717. The van der Waals surface area contributed by atoms with Crippen LogP contribution >= 0.6 is 12.2 Å². The molecule has 0 radical (unpaired) electrons. The lowest BCUT2D eigenvalue weighted by molar-refractivity contribution is -0.118. The van der Waals surface area contributed by atoms with Crippen LogP contribution in [0.25, 0.3) is 0 Å². The molecule has 25 heavy (non-hydrogen) atoms. The molecule has 0 aliphatic carbocycles. The van der Waals surface area contributed by atoms with Crippen LogP contribution in [0.5, 0.6) is 0 Å². The molecular formula is C15H17FN4O4S. The molecule has 1 aromatic rings. The van der Waals surface area contributed by atoms with Gasteiger partial charge in [0.05, 0.1) is 44.8 Å². The monoisotopic (exact) mass is 368 g/mol. The maximum absolute atomic E-state index is 14.4. The molecule has 2 fully saturated rings. The number of hydrogen-bond donors (Lipinski definition) is 2. The molecule has 2 amide bonds. The maximum atomic E-state index is 14.4. The molecule has 1 aromatic carbocycles. The number of nitrogens with zero attached hydrogens (tertiary/aromatic N) is 2. The van der Waals surface area contributed by atoms with Gasteiger partial charge in [0.15, 0.2) is 0 Å². The van der Waals surface area contributed by atoms with Crippen molar-refractivity contribution in [1.82, 2.24) is 10.6 Å². The largest absolute Gasteiger partial charge is 0.474 e. The van der Waals surface area contributed by atoms with Crippen molar-refractivity contribution in [2.24, 2.45) is 0 Å². The fourth-order valence-corrected chi connectivity index (χ4v) is 2.75.